The standard InChI is InChI=1S/C20H24O5/c1-11-4-5-13(8-12(11)2)16(21)10-25-20(23)18-15-7-6-14(9-15)17(18)19(22)24-3/h4-5,8,14-15,17-18H,6-7,9-10H2,1-3H3/t14-,15+,17+,18+/m1/s1. The van der Waals surface area contributed by atoms with Crippen molar-refractivity contribution in [2.75, 3.05) is 13.7 Å². The summed E-state index contributed by atoms with van der Waals surface area (Å²) in [5.74, 6) is -1.54. The summed E-state index contributed by atoms with van der Waals surface area (Å²) in [4.78, 5) is 36.9. The maximum absolute atomic E-state index is 12.5. The Morgan fingerprint density at radius 3 is 2.24 bits per heavy atom. The molecule has 2 saturated carbocycles. The quantitative estimate of drug-likeness (QED) is 0.607. The molecular weight excluding hydrogens is 320 g/mol. The maximum Gasteiger partial charge on any atom is 0.310 e. The normalized spacial score (nSPS) is 27.2. The van der Waals surface area contributed by atoms with Gasteiger partial charge in [0.2, 0.25) is 0 Å². The molecule has 0 heterocycles. The van der Waals surface area contributed by atoms with E-state index in [4.69, 9.17) is 9.47 Å². The topological polar surface area (TPSA) is 69.7 Å². The first-order chi connectivity index (χ1) is 11.9. The van der Waals surface area contributed by atoms with Crippen LogP contribution < -0.4 is 0 Å². The highest BCUT2D eigenvalue weighted by Crippen LogP contribution is 2.53. The van der Waals surface area contributed by atoms with Crippen LogP contribution in [0.1, 0.15) is 40.7 Å². The zero-order valence-electron chi connectivity index (χ0n) is 14.9. The number of benzene rings is 1. The van der Waals surface area contributed by atoms with Crippen molar-refractivity contribution in [3.8, 4) is 0 Å². The van der Waals surface area contributed by atoms with Gasteiger partial charge in [0.15, 0.2) is 12.4 Å². The number of aryl methyl sites for hydroxylation is 2. The van der Waals surface area contributed by atoms with Crippen molar-refractivity contribution in [3.63, 3.8) is 0 Å². The highest BCUT2D eigenvalue weighted by molar-refractivity contribution is 5.98. The van der Waals surface area contributed by atoms with E-state index >= 15 is 0 Å². The van der Waals surface area contributed by atoms with Crippen LogP contribution >= 0.6 is 0 Å². The van der Waals surface area contributed by atoms with E-state index in [9.17, 15) is 14.4 Å². The number of hydrogen-bond donors (Lipinski definition) is 0. The van der Waals surface area contributed by atoms with E-state index in [1.807, 2.05) is 19.9 Å². The Balaban J connectivity index is 1.64. The molecule has 0 unspecified atom stereocenters. The summed E-state index contributed by atoms with van der Waals surface area (Å²) in [5.41, 5.74) is 2.67. The number of Topliss-reactive ketones (excluding diaryl/α,β-unsaturated/α-hetero) is 1. The molecule has 3 rings (SSSR count). The highest BCUT2D eigenvalue weighted by atomic mass is 16.5. The summed E-state index contributed by atoms with van der Waals surface area (Å²) in [5, 5.41) is 0. The minimum atomic E-state index is -0.473. The van der Waals surface area contributed by atoms with E-state index in [0.29, 0.717) is 5.56 Å². The molecule has 2 fully saturated rings. The number of carbonyl (C=O) groups is 3. The molecule has 0 saturated heterocycles. The summed E-state index contributed by atoms with van der Waals surface area (Å²) in [6, 6.07) is 5.43. The lowest BCUT2D eigenvalue weighted by molar-refractivity contribution is -0.161. The molecule has 25 heavy (non-hydrogen) atoms. The first-order valence-electron chi connectivity index (χ1n) is 8.77. The summed E-state index contributed by atoms with van der Waals surface area (Å²) in [6.07, 6.45) is 2.75. The van der Waals surface area contributed by atoms with Gasteiger partial charge in [-0.1, -0.05) is 12.1 Å². The Morgan fingerprint density at radius 2 is 1.64 bits per heavy atom. The average Bonchev–Trinajstić information content (AvgIpc) is 3.22. The zero-order valence-corrected chi connectivity index (χ0v) is 14.9. The molecule has 5 heteroatoms. The predicted octanol–water partition coefficient (Wildman–Crippen LogP) is 2.86. The number of ether oxygens (including phenoxy) is 2. The van der Waals surface area contributed by atoms with E-state index in [-0.39, 0.29) is 30.2 Å². The monoisotopic (exact) mass is 344 g/mol. The van der Waals surface area contributed by atoms with E-state index in [2.05, 4.69) is 0 Å². The third-order valence-corrected chi connectivity index (χ3v) is 5.84. The molecule has 1 aromatic carbocycles. The van der Waals surface area contributed by atoms with Gasteiger partial charge in [-0.25, -0.2) is 0 Å². The van der Waals surface area contributed by atoms with Gasteiger partial charge in [0, 0.05) is 5.56 Å². The fraction of sp³-hybridized carbons (Fsp3) is 0.550. The van der Waals surface area contributed by atoms with Crippen LogP contribution in [0.4, 0.5) is 0 Å². The molecule has 0 spiro atoms. The molecule has 0 N–H and O–H groups in total. The van der Waals surface area contributed by atoms with Gasteiger partial charge in [0.05, 0.1) is 18.9 Å². The molecule has 0 aliphatic heterocycles. The van der Waals surface area contributed by atoms with Crippen LogP contribution in [0.15, 0.2) is 18.2 Å². The molecule has 5 nitrogen and oxygen atoms in total. The third kappa shape index (κ3) is 3.32. The van der Waals surface area contributed by atoms with Crippen molar-refractivity contribution in [3.05, 3.63) is 34.9 Å². The smallest absolute Gasteiger partial charge is 0.310 e. The minimum absolute atomic E-state index is 0.165. The number of ketones is 1. The maximum atomic E-state index is 12.5. The second-order valence-corrected chi connectivity index (χ2v) is 7.24. The van der Waals surface area contributed by atoms with Crippen LogP contribution in [0, 0.1) is 37.5 Å². The summed E-state index contributed by atoms with van der Waals surface area (Å²) in [6.45, 7) is 3.63. The summed E-state index contributed by atoms with van der Waals surface area (Å²) in [7, 11) is 1.35. The third-order valence-electron chi connectivity index (χ3n) is 5.84. The van der Waals surface area contributed by atoms with Crippen LogP contribution in [0.5, 0.6) is 0 Å². The fourth-order valence-electron chi connectivity index (χ4n) is 4.34. The van der Waals surface area contributed by atoms with Crippen LogP contribution in [0.25, 0.3) is 0 Å². The Bertz CT molecular complexity index is 708. The summed E-state index contributed by atoms with van der Waals surface area (Å²) < 4.78 is 10.2. The summed E-state index contributed by atoms with van der Waals surface area (Å²) >= 11 is 0. The van der Waals surface area contributed by atoms with Crippen LogP contribution in [0.3, 0.4) is 0 Å². The SMILES string of the molecule is COC(=O)[C@H]1[C@@H]2CC[C@@H](C2)[C@@H]1C(=O)OCC(=O)c1ccc(C)c(C)c1. The second-order valence-electron chi connectivity index (χ2n) is 7.24. The van der Waals surface area contributed by atoms with E-state index < -0.39 is 17.8 Å². The number of fused-ring (bicyclic) bond motifs is 2. The Kier molecular flexibility index (Phi) is 4.93. The molecule has 4 atom stereocenters. The van der Waals surface area contributed by atoms with Crippen LogP contribution in [0.2, 0.25) is 0 Å². The van der Waals surface area contributed by atoms with Gasteiger partial charge in [-0.05, 0) is 62.1 Å². The van der Waals surface area contributed by atoms with Gasteiger partial charge in [-0.2, -0.15) is 0 Å². The van der Waals surface area contributed by atoms with Gasteiger partial charge in [-0.3, -0.25) is 14.4 Å². The van der Waals surface area contributed by atoms with Gasteiger partial charge in [0.1, 0.15) is 0 Å². The lowest BCUT2D eigenvalue weighted by atomic mass is 9.79. The van der Waals surface area contributed by atoms with Gasteiger partial charge >= 0.3 is 11.9 Å². The number of methoxy groups -OCH3 is 1. The molecule has 2 bridgehead atoms. The molecular formula is C20H24O5. The van der Waals surface area contributed by atoms with Crippen LogP contribution in [-0.2, 0) is 19.1 Å². The van der Waals surface area contributed by atoms with Crippen molar-refractivity contribution in [2.45, 2.75) is 33.1 Å². The second kappa shape index (κ2) is 6.98. The first kappa shape index (κ1) is 17.6. The highest BCUT2D eigenvalue weighted by Gasteiger charge is 2.55. The van der Waals surface area contributed by atoms with Gasteiger partial charge in [-0.15, -0.1) is 0 Å². The van der Waals surface area contributed by atoms with Gasteiger partial charge < -0.3 is 9.47 Å². The number of esters is 2. The molecule has 2 aliphatic carbocycles. The van der Waals surface area contributed by atoms with Crippen molar-refractivity contribution in [1.29, 1.82) is 0 Å². The van der Waals surface area contributed by atoms with Crippen molar-refractivity contribution in [1.82, 2.24) is 0 Å². The van der Waals surface area contributed by atoms with Crippen molar-refractivity contribution in [2.24, 2.45) is 23.7 Å². The van der Waals surface area contributed by atoms with E-state index in [1.165, 1.54) is 7.11 Å². The molecule has 0 amide bonds. The lowest BCUT2D eigenvalue weighted by Gasteiger charge is -2.27. The van der Waals surface area contributed by atoms with Crippen LogP contribution in [-0.4, -0.2) is 31.4 Å². The van der Waals surface area contributed by atoms with Gasteiger partial charge in [0.25, 0.3) is 0 Å². The Labute approximate surface area is 147 Å². The largest absolute Gasteiger partial charge is 0.469 e. The zero-order chi connectivity index (χ0) is 18.1. The fourth-order valence-corrected chi connectivity index (χ4v) is 4.34. The van der Waals surface area contributed by atoms with Crippen molar-refractivity contribution >= 4 is 17.7 Å². The first-order valence-corrected chi connectivity index (χ1v) is 8.77. The molecule has 0 aromatic heterocycles. The minimum Gasteiger partial charge on any atom is -0.469 e. The van der Waals surface area contributed by atoms with E-state index in [0.717, 1.165) is 30.4 Å². The van der Waals surface area contributed by atoms with Crippen molar-refractivity contribution < 1.29 is 23.9 Å². The Hall–Kier alpha value is -2.17. The molecule has 1 aromatic rings. The molecule has 134 valence electrons. The van der Waals surface area contributed by atoms with E-state index in [1.54, 1.807) is 12.1 Å². The average molecular weight is 344 g/mol. The molecule has 0 radical (unpaired) electrons. The number of rotatable bonds is 5. The lowest BCUT2D eigenvalue weighted by Crippen LogP contribution is -2.37. The molecule has 2 aliphatic rings. The number of carbonyl (C=O) groups excluding carboxylic acids is 3. The predicted molar refractivity (Wildman–Crippen MR) is 91.0 cm³/mol. The number of hydrogen-bond acceptors (Lipinski definition) is 5. The Morgan fingerprint density at radius 1 is 1.00 bits per heavy atom.